The number of carbonyl (C=O) groups is 2. The number of thioether (sulfide) groups is 2. The summed E-state index contributed by atoms with van der Waals surface area (Å²) in [4.78, 5) is 34.0. The van der Waals surface area contributed by atoms with Gasteiger partial charge < -0.3 is 5.11 Å². The van der Waals surface area contributed by atoms with E-state index in [2.05, 4.69) is 9.97 Å². The number of rotatable bonds is 4. The molecule has 2 aromatic rings. The Morgan fingerprint density at radius 1 is 1.38 bits per heavy atom. The predicted octanol–water partition coefficient (Wildman–Crippen LogP) is 2.90. The topological polar surface area (TPSA) is 83.4 Å². The molecular weight excluding hydrogens is 366 g/mol. The summed E-state index contributed by atoms with van der Waals surface area (Å²) in [5.41, 5.74) is 1.92. The minimum Gasteiger partial charge on any atom is -0.477 e. The van der Waals surface area contributed by atoms with Gasteiger partial charge in [-0.15, -0.1) is 23.1 Å². The number of thiazole rings is 1. The molecule has 0 radical (unpaired) electrons. The third kappa shape index (κ3) is 2.72. The van der Waals surface area contributed by atoms with Gasteiger partial charge >= 0.3 is 5.97 Å². The fourth-order valence-electron chi connectivity index (χ4n) is 2.53. The molecule has 2 aromatic heterocycles. The Bertz CT molecular complexity index is 850. The molecule has 1 N–H and O–H groups in total. The molecule has 0 aromatic carbocycles. The number of carboxylic acids is 1. The van der Waals surface area contributed by atoms with Gasteiger partial charge in [-0.2, -0.15) is 0 Å². The van der Waals surface area contributed by atoms with E-state index >= 15 is 0 Å². The lowest BCUT2D eigenvalue weighted by Gasteiger charge is -2.43. The predicted molar refractivity (Wildman–Crippen MR) is 93.6 cm³/mol. The summed E-state index contributed by atoms with van der Waals surface area (Å²) in [6.45, 7) is 0. The van der Waals surface area contributed by atoms with Crippen LogP contribution in [0.15, 0.2) is 44.8 Å². The monoisotopic (exact) mass is 377 g/mol. The Balaban J connectivity index is 1.62. The first-order valence-corrected chi connectivity index (χ1v) is 9.82. The van der Waals surface area contributed by atoms with Gasteiger partial charge in [0.25, 0.3) is 0 Å². The number of fused-ring (bicyclic) bond motifs is 1. The summed E-state index contributed by atoms with van der Waals surface area (Å²) in [5.74, 6) is -0.591. The maximum Gasteiger partial charge on any atom is 0.353 e. The van der Waals surface area contributed by atoms with Crippen molar-refractivity contribution < 1.29 is 14.7 Å². The molecule has 6 nitrogen and oxygen atoms in total. The standard InChI is InChI=1S/C15H11N3O3S3/c19-11-5-12-18(11)13(14(20)21)10(7-22-12)24-15-17-9(6-23-15)8-1-3-16-4-2-8/h1-4,6,12H,5,7H2,(H,20,21). The smallest absolute Gasteiger partial charge is 0.353 e. The number of hydrogen-bond donors (Lipinski definition) is 1. The van der Waals surface area contributed by atoms with E-state index < -0.39 is 5.97 Å². The quantitative estimate of drug-likeness (QED) is 0.820. The van der Waals surface area contributed by atoms with E-state index in [4.69, 9.17) is 0 Å². The lowest BCUT2D eigenvalue weighted by atomic mass is 10.1. The fourth-order valence-corrected chi connectivity index (χ4v) is 5.91. The molecular formula is C15H11N3O3S3. The molecule has 1 atom stereocenters. The van der Waals surface area contributed by atoms with Gasteiger partial charge in [-0.25, -0.2) is 9.78 Å². The highest BCUT2D eigenvalue weighted by Crippen LogP contribution is 2.45. The molecule has 0 saturated carbocycles. The van der Waals surface area contributed by atoms with Crippen LogP contribution in [0.4, 0.5) is 0 Å². The second-order valence-corrected chi connectivity index (χ2v) is 8.51. The first-order valence-electron chi connectivity index (χ1n) is 7.07. The number of pyridine rings is 1. The molecule has 1 saturated heterocycles. The minimum absolute atomic E-state index is 0.0309. The van der Waals surface area contributed by atoms with E-state index in [1.54, 1.807) is 24.2 Å². The van der Waals surface area contributed by atoms with E-state index in [9.17, 15) is 14.7 Å². The molecule has 4 rings (SSSR count). The van der Waals surface area contributed by atoms with Crippen molar-refractivity contribution in [2.45, 2.75) is 16.1 Å². The molecule has 1 unspecified atom stereocenters. The molecule has 24 heavy (non-hydrogen) atoms. The van der Waals surface area contributed by atoms with Gasteiger partial charge in [0.2, 0.25) is 5.91 Å². The summed E-state index contributed by atoms with van der Waals surface area (Å²) in [7, 11) is 0. The summed E-state index contributed by atoms with van der Waals surface area (Å²) in [6, 6.07) is 3.76. The van der Waals surface area contributed by atoms with Crippen molar-refractivity contribution in [1.29, 1.82) is 0 Å². The lowest BCUT2D eigenvalue weighted by Crippen LogP contribution is -2.53. The van der Waals surface area contributed by atoms with Crippen molar-refractivity contribution in [2.75, 3.05) is 5.75 Å². The van der Waals surface area contributed by atoms with Crippen molar-refractivity contribution in [2.24, 2.45) is 0 Å². The number of nitrogens with zero attached hydrogens (tertiary/aromatic N) is 3. The number of β-lactam (4-membered cyclic amide) rings is 1. The minimum atomic E-state index is -1.05. The molecule has 4 heterocycles. The van der Waals surface area contributed by atoms with Gasteiger partial charge in [0.15, 0.2) is 4.34 Å². The highest BCUT2D eigenvalue weighted by atomic mass is 32.2. The van der Waals surface area contributed by atoms with Crippen LogP contribution < -0.4 is 0 Å². The van der Waals surface area contributed by atoms with Crippen LogP contribution in [0.5, 0.6) is 0 Å². The molecule has 2 aliphatic heterocycles. The van der Waals surface area contributed by atoms with Crippen LogP contribution in [0, 0.1) is 0 Å². The molecule has 0 bridgehead atoms. The highest BCUT2D eigenvalue weighted by Gasteiger charge is 2.45. The Morgan fingerprint density at radius 2 is 2.17 bits per heavy atom. The molecule has 1 amide bonds. The zero-order chi connectivity index (χ0) is 16.7. The van der Waals surface area contributed by atoms with Gasteiger partial charge in [-0.1, -0.05) is 11.8 Å². The highest BCUT2D eigenvalue weighted by molar-refractivity contribution is 8.07. The first kappa shape index (κ1) is 15.7. The van der Waals surface area contributed by atoms with E-state index in [0.717, 1.165) is 15.6 Å². The van der Waals surface area contributed by atoms with Gasteiger partial charge in [-0.3, -0.25) is 14.7 Å². The summed E-state index contributed by atoms with van der Waals surface area (Å²) >= 11 is 4.40. The third-order valence-electron chi connectivity index (χ3n) is 3.69. The van der Waals surface area contributed by atoms with Crippen molar-refractivity contribution in [1.82, 2.24) is 14.9 Å². The number of aliphatic carboxylic acids is 1. The molecule has 0 spiro atoms. The Hall–Kier alpha value is -1.84. The van der Waals surface area contributed by atoms with E-state index in [-0.39, 0.29) is 17.0 Å². The largest absolute Gasteiger partial charge is 0.477 e. The number of carboxylic acid groups (broad SMARTS) is 1. The van der Waals surface area contributed by atoms with Gasteiger partial charge in [0, 0.05) is 34.0 Å². The zero-order valence-corrected chi connectivity index (χ0v) is 14.7. The maximum absolute atomic E-state index is 11.8. The van der Waals surface area contributed by atoms with Crippen LogP contribution in [0.3, 0.4) is 0 Å². The van der Waals surface area contributed by atoms with E-state index in [0.29, 0.717) is 17.1 Å². The van der Waals surface area contributed by atoms with Crippen LogP contribution in [0.1, 0.15) is 6.42 Å². The Labute approximate surface area is 150 Å². The van der Waals surface area contributed by atoms with Crippen LogP contribution in [0.2, 0.25) is 0 Å². The molecule has 0 aliphatic carbocycles. The normalized spacial score (nSPS) is 19.9. The first-order chi connectivity index (χ1) is 11.6. The van der Waals surface area contributed by atoms with Crippen LogP contribution in [-0.2, 0) is 9.59 Å². The second-order valence-electron chi connectivity index (χ2n) is 5.15. The van der Waals surface area contributed by atoms with Gasteiger partial charge in [-0.05, 0) is 12.1 Å². The molecule has 2 aliphatic rings. The number of hydrogen-bond acceptors (Lipinski definition) is 7. The van der Waals surface area contributed by atoms with Crippen molar-refractivity contribution >= 4 is 46.7 Å². The van der Waals surface area contributed by atoms with Gasteiger partial charge in [0.05, 0.1) is 17.5 Å². The Kier molecular flexibility index (Phi) is 4.07. The van der Waals surface area contributed by atoms with Gasteiger partial charge in [0.1, 0.15) is 5.70 Å². The Morgan fingerprint density at radius 3 is 2.88 bits per heavy atom. The molecule has 122 valence electrons. The maximum atomic E-state index is 11.8. The summed E-state index contributed by atoms with van der Waals surface area (Å²) < 4.78 is 0.766. The second kappa shape index (κ2) is 6.23. The number of carbonyl (C=O) groups excluding carboxylic acids is 1. The fraction of sp³-hybridized carbons (Fsp3) is 0.200. The van der Waals surface area contributed by atoms with E-state index in [1.807, 2.05) is 17.5 Å². The van der Waals surface area contributed by atoms with Crippen molar-refractivity contribution in [3.05, 3.63) is 40.5 Å². The average Bonchev–Trinajstić information content (AvgIpc) is 3.04. The number of amides is 1. The molecule has 1 fully saturated rings. The van der Waals surface area contributed by atoms with Crippen molar-refractivity contribution in [3.63, 3.8) is 0 Å². The third-order valence-corrected chi connectivity index (χ3v) is 7.11. The number of aromatic nitrogens is 2. The summed E-state index contributed by atoms with van der Waals surface area (Å²) in [5, 5.41) is 11.4. The van der Waals surface area contributed by atoms with E-state index in [1.165, 1.54) is 28.0 Å². The SMILES string of the molecule is O=C(O)C1=C(Sc2nc(-c3ccncc3)cs2)CSC2CC(=O)N12. The van der Waals surface area contributed by atoms with Crippen molar-refractivity contribution in [3.8, 4) is 11.3 Å². The average molecular weight is 377 g/mol. The zero-order valence-electron chi connectivity index (χ0n) is 12.2. The van der Waals surface area contributed by atoms with Crippen LogP contribution in [0.25, 0.3) is 11.3 Å². The van der Waals surface area contributed by atoms with Crippen LogP contribution in [-0.4, -0.2) is 43.0 Å². The summed E-state index contributed by atoms with van der Waals surface area (Å²) in [6.07, 6.45) is 3.84. The van der Waals surface area contributed by atoms with Crippen LogP contribution >= 0.6 is 34.9 Å². The molecule has 9 heteroatoms. The lowest BCUT2D eigenvalue weighted by molar-refractivity contribution is -0.146.